The molecular weight excluding hydrogens is 184 g/mol. The Morgan fingerprint density at radius 1 is 1.57 bits per heavy atom. The minimum Gasteiger partial charge on any atom is -0.393 e. The van der Waals surface area contributed by atoms with Gasteiger partial charge in [0.2, 0.25) is 0 Å². The van der Waals surface area contributed by atoms with Gasteiger partial charge in [0.1, 0.15) is 12.0 Å². The molecule has 1 aromatic carbocycles. The van der Waals surface area contributed by atoms with Crippen molar-refractivity contribution in [3.05, 3.63) is 33.9 Å². The maximum absolute atomic E-state index is 10.7. The number of nitrogens with two attached hydrogens (primary N) is 1. The maximum atomic E-state index is 10.7. The highest BCUT2D eigenvalue weighted by molar-refractivity contribution is 5.71. The Labute approximate surface area is 80.7 Å². The highest BCUT2D eigenvalue weighted by atomic mass is 16.6. The summed E-state index contributed by atoms with van der Waals surface area (Å²) in [4.78, 5) is 20.6. The second-order valence-corrected chi connectivity index (χ2v) is 2.97. The van der Waals surface area contributed by atoms with Crippen LogP contribution < -0.4 is 5.73 Å². The fourth-order valence-corrected chi connectivity index (χ4v) is 1.23. The molecule has 0 bridgehead atoms. The molecule has 2 N–H and O–H groups in total. The quantitative estimate of drug-likeness (QED) is 0.341. The molecule has 1 aromatic rings. The molecule has 0 spiro atoms. The van der Waals surface area contributed by atoms with Crippen molar-refractivity contribution in [1.29, 1.82) is 0 Å². The molecule has 74 valence electrons. The van der Waals surface area contributed by atoms with Gasteiger partial charge in [-0.15, -0.1) is 0 Å². The lowest BCUT2D eigenvalue weighted by Gasteiger charge is -2.06. The highest BCUT2D eigenvalue weighted by Crippen LogP contribution is 2.30. The summed E-state index contributed by atoms with van der Waals surface area (Å²) in [6, 6.07) is 4.57. The van der Waals surface area contributed by atoms with Crippen molar-refractivity contribution in [3.8, 4) is 0 Å². The molecule has 0 saturated carbocycles. The molecule has 1 unspecified atom stereocenters. The van der Waals surface area contributed by atoms with Crippen molar-refractivity contribution in [1.82, 2.24) is 0 Å². The number of nitrogens with zero attached hydrogens (tertiary/aromatic N) is 1. The number of nitrogen functional groups attached to an aromatic ring is 1. The van der Waals surface area contributed by atoms with Crippen molar-refractivity contribution in [2.24, 2.45) is 0 Å². The number of rotatable bonds is 3. The maximum Gasteiger partial charge on any atom is 0.295 e. The van der Waals surface area contributed by atoms with E-state index in [0.717, 1.165) is 0 Å². The summed E-state index contributed by atoms with van der Waals surface area (Å²) in [5.74, 6) is -0.515. The molecule has 0 aromatic heterocycles. The molecule has 0 radical (unpaired) electrons. The second-order valence-electron chi connectivity index (χ2n) is 2.97. The third-order valence-electron chi connectivity index (χ3n) is 1.98. The predicted octanol–water partition coefficient (Wildman–Crippen LogP) is 1.48. The number of para-hydroxylation sites is 1. The van der Waals surface area contributed by atoms with Crippen LogP contribution in [0.15, 0.2) is 18.2 Å². The fraction of sp³-hybridized carbons (Fsp3) is 0.222. The number of hydrogen-bond acceptors (Lipinski definition) is 4. The van der Waals surface area contributed by atoms with Crippen LogP contribution in [0.4, 0.5) is 11.4 Å². The summed E-state index contributed by atoms with van der Waals surface area (Å²) in [6.45, 7) is 1.59. The summed E-state index contributed by atoms with van der Waals surface area (Å²) < 4.78 is 0. The number of anilines is 1. The van der Waals surface area contributed by atoms with Gasteiger partial charge in [0, 0.05) is 11.5 Å². The van der Waals surface area contributed by atoms with Gasteiger partial charge >= 0.3 is 0 Å². The van der Waals surface area contributed by atoms with Gasteiger partial charge in [-0.1, -0.05) is 19.1 Å². The average Bonchev–Trinajstić information content (AvgIpc) is 2.15. The van der Waals surface area contributed by atoms with Crippen LogP contribution in [0.5, 0.6) is 0 Å². The van der Waals surface area contributed by atoms with E-state index in [1.54, 1.807) is 13.0 Å². The third kappa shape index (κ3) is 1.71. The third-order valence-corrected chi connectivity index (χ3v) is 1.98. The monoisotopic (exact) mass is 194 g/mol. The highest BCUT2D eigenvalue weighted by Gasteiger charge is 2.21. The Balaban J connectivity index is 3.35. The van der Waals surface area contributed by atoms with Gasteiger partial charge in [-0.2, -0.15) is 0 Å². The van der Waals surface area contributed by atoms with E-state index in [2.05, 4.69) is 0 Å². The van der Waals surface area contributed by atoms with Crippen molar-refractivity contribution in [2.75, 3.05) is 5.73 Å². The minimum atomic E-state index is -0.565. The first-order valence-corrected chi connectivity index (χ1v) is 4.06. The first-order valence-electron chi connectivity index (χ1n) is 4.06. The molecule has 5 heteroatoms. The molecular formula is C9H10N2O3. The van der Waals surface area contributed by atoms with Crippen molar-refractivity contribution in [3.63, 3.8) is 0 Å². The van der Waals surface area contributed by atoms with E-state index in [1.165, 1.54) is 12.1 Å². The SMILES string of the molecule is CC(C=O)c1cccc(N)c1[N+](=O)[O-]. The summed E-state index contributed by atoms with van der Waals surface area (Å²) >= 11 is 0. The van der Waals surface area contributed by atoms with Crippen LogP contribution in [0.1, 0.15) is 18.4 Å². The number of nitro benzene ring substituents is 1. The van der Waals surface area contributed by atoms with E-state index in [4.69, 9.17) is 5.73 Å². The minimum absolute atomic E-state index is 0.0844. The molecule has 14 heavy (non-hydrogen) atoms. The molecule has 0 saturated heterocycles. The van der Waals surface area contributed by atoms with Crippen LogP contribution in [-0.2, 0) is 4.79 Å². The van der Waals surface area contributed by atoms with E-state index >= 15 is 0 Å². The lowest BCUT2D eigenvalue weighted by molar-refractivity contribution is -0.384. The molecule has 0 aliphatic rings. The van der Waals surface area contributed by atoms with Gasteiger partial charge < -0.3 is 10.5 Å². The first kappa shape index (κ1) is 10.2. The number of aldehydes is 1. The van der Waals surface area contributed by atoms with Crippen molar-refractivity contribution < 1.29 is 9.72 Å². The van der Waals surface area contributed by atoms with Gasteiger partial charge in [0.05, 0.1) is 4.92 Å². The molecule has 0 aliphatic heterocycles. The van der Waals surface area contributed by atoms with Gasteiger partial charge in [0.15, 0.2) is 0 Å². The summed E-state index contributed by atoms with van der Waals surface area (Å²) in [6.07, 6.45) is 0.655. The van der Waals surface area contributed by atoms with E-state index in [-0.39, 0.29) is 11.4 Å². The zero-order chi connectivity index (χ0) is 10.7. The summed E-state index contributed by atoms with van der Waals surface area (Å²) in [7, 11) is 0. The van der Waals surface area contributed by atoms with Crippen LogP contribution in [-0.4, -0.2) is 11.2 Å². The van der Waals surface area contributed by atoms with Gasteiger partial charge in [-0.05, 0) is 6.07 Å². The van der Waals surface area contributed by atoms with Gasteiger partial charge in [0.25, 0.3) is 5.69 Å². The van der Waals surface area contributed by atoms with Crippen molar-refractivity contribution in [2.45, 2.75) is 12.8 Å². The van der Waals surface area contributed by atoms with Crippen molar-refractivity contribution >= 4 is 17.7 Å². The summed E-state index contributed by atoms with van der Waals surface area (Å²) in [5.41, 5.74) is 5.72. The Morgan fingerprint density at radius 3 is 2.71 bits per heavy atom. The lowest BCUT2D eigenvalue weighted by atomic mass is 10.00. The van der Waals surface area contributed by atoms with E-state index in [1.807, 2.05) is 0 Å². The largest absolute Gasteiger partial charge is 0.393 e. The molecule has 5 nitrogen and oxygen atoms in total. The molecule has 0 heterocycles. The zero-order valence-electron chi connectivity index (χ0n) is 7.64. The fourth-order valence-electron chi connectivity index (χ4n) is 1.23. The van der Waals surface area contributed by atoms with Crippen LogP contribution in [0.2, 0.25) is 0 Å². The molecule has 1 rings (SSSR count). The molecule has 0 fully saturated rings. The van der Waals surface area contributed by atoms with E-state index in [9.17, 15) is 14.9 Å². The standard InChI is InChI=1S/C9H10N2O3/c1-6(5-12)7-3-2-4-8(10)9(7)11(13)14/h2-6H,10H2,1H3. The Bertz CT molecular complexity index is 376. The average molecular weight is 194 g/mol. The number of carbonyl (C=O) groups excluding carboxylic acids is 1. The Morgan fingerprint density at radius 2 is 2.21 bits per heavy atom. The summed E-state index contributed by atoms with van der Waals surface area (Å²) in [5, 5.41) is 10.7. The normalized spacial score (nSPS) is 12.1. The van der Waals surface area contributed by atoms with Gasteiger partial charge in [-0.25, -0.2) is 0 Å². The molecule has 1 atom stereocenters. The first-order chi connectivity index (χ1) is 6.57. The van der Waals surface area contributed by atoms with Crippen LogP contribution >= 0.6 is 0 Å². The van der Waals surface area contributed by atoms with Crippen LogP contribution in [0, 0.1) is 10.1 Å². The predicted molar refractivity (Wildman–Crippen MR) is 52.0 cm³/mol. The second kappa shape index (κ2) is 3.87. The van der Waals surface area contributed by atoms with Crippen LogP contribution in [0.3, 0.4) is 0 Å². The lowest BCUT2D eigenvalue weighted by Crippen LogP contribution is -2.03. The number of carbonyl (C=O) groups is 1. The Hall–Kier alpha value is -1.91. The van der Waals surface area contributed by atoms with Gasteiger partial charge in [-0.3, -0.25) is 10.1 Å². The number of benzene rings is 1. The van der Waals surface area contributed by atoms with Crippen LogP contribution in [0.25, 0.3) is 0 Å². The number of nitro groups is 1. The molecule has 0 amide bonds. The topological polar surface area (TPSA) is 86.2 Å². The van der Waals surface area contributed by atoms with E-state index < -0.39 is 10.8 Å². The zero-order valence-corrected chi connectivity index (χ0v) is 7.64. The smallest absolute Gasteiger partial charge is 0.295 e. The Kier molecular flexibility index (Phi) is 2.81. The number of hydrogen-bond donors (Lipinski definition) is 1. The molecule has 0 aliphatic carbocycles. The van der Waals surface area contributed by atoms with E-state index in [0.29, 0.717) is 11.8 Å².